The summed E-state index contributed by atoms with van der Waals surface area (Å²) < 4.78 is 3.60. The summed E-state index contributed by atoms with van der Waals surface area (Å²) in [5, 5.41) is 21.0. The first-order chi connectivity index (χ1) is 13.9. The second kappa shape index (κ2) is 6.47. The van der Waals surface area contributed by atoms with Gasteiger partial charge in [-0.3, -0.25) is 14.8 Å². The summed E-state index contributed by atoms with van der Waals surface area (Å²) >= 11 is 0. The van der Waals surface area contributed by atoms with Gasteiger partial charge in [0.1, 0.15) is 5.69 Å². The molecule has 1 amide bonds. The molecule has 5 rings (SSSR count). The third-order valence-corrected chi connectivity index (χ3v) is 6.21. The van der Waals surface area contributed by atoms with Crippen molar-refractivity contribution in [2.45, 2.75) is 18.9 Å². The number of carbonyl (C=O) groups excluding carboxylic acids is 1. The summed E-state index contributed by atoms with van der Waals surface area (Å²) in [6.45, 7) is 1.54. The van der Waals surface area contributed by atoms with E-state index in [4.69, 9.17) is 5.21 Å². The number of aryl methyl sites for hydroxylation is 1. The number of carbonyl (C=O) groups is 1. The first-order valence-corrected chi connectivity index (χ1v) is 9.66. The molecule has 150 valence electrons. The van der Waals surface area contributed by atoms with Crippen LogP contribution in [0.5, 0.6) is 0 Å². The molecule has 1 aromatic carbocycles. The van der Waals surface area contributed by atoms with E-state index in [1.54, 1.807) is 10.6 Å². The molecular weight excluding hydrogens is 372 g/mol. The van der Waals surface area contributed by atoms with Crippen molar-refractivity contribution in [3.63, 3.8) is 0 Å². The van der Waals surface area contributed by atoms with Crippen LogP contribution in [0.1, 0.15) is 28.4 Å². The Morgan fingerprint density at radius 3 is 2.79 bits per heavy atom. The van der Waals surface area contributed by atoms with Gasteiger partial charge in [0.25, 0.3) is 11.5 Å². The fourth-order valence-corrected chi connectivity index (χ4v) is 4.84. The zero-order valence-electron chi connectivity index (χ0n) is 16.0. The fraction of sp³-hybridized carbons (Fsp3) is 0.333. The lowest BCUT2D eigenvalue weighted by atomic mass is 9.83. The van der Waals surface area contributed by atoms with Crippen LogP contribution in [0.15, 0.2) is 47.4 Å². The average Bonchev–Trinajstić information content (AvgIpc) is 3.08. The normalized spacial score (nSPS) is 20.6. The van der Waals surface area contributed by atoms with E-state index in [0.717, 1.165) is 23.0 Å². The van der Waals surface area contributed by atoms with E-state index in [0.29, 0.717) is 25.2 Å². The van der Waals surface area contributed by atoms with E-state index in [9.17, 15) is 14.8 Å². The third kappa shape index (κ3) is 2.83. The number of nitrogens with zero attached hydrogens (tertiary/aromatic N) is 4. The molecule has 1 saturated heterocycles. The molecule has 0 unspecified atom stereocenters. The van der Waals surface area contributed by atoms with E-state index in [-0.39, 0.29) is 28.7 Å². The number of piperidine rings is 1. The van der Waals surface area contributed by atoms with Crippen molar-refractivity contribution in [1.29, 1.82) is 0 Å². The lowest BCUT2D eigenvalue weighted by molar-refractivity contribution is 0.0594. The largest absolute Gasteiger partial charge is 0.733 e. The standard InChI is InChI=1S/C21H21N4O4/c1-22-7-6-14-9-15(2-3-17(14)22)20(26)23-10-13-8-16(12-23)18-4-5-19(25(28)29)21(27)24(18)11-13/h2-7,9,13,16,28H,8,10-12H2,1H3/q-1/t13-,16-/m0/s1. The van der Waals surface area contributed by atoms with Crippen molar-refractivity contribution in [3.05, 3.63) is 69.4 Å². The lowest BCUT2D eigenvalue weighted by Gasteiger charge is -2.43. The van der Waals surface area contributed by atoms with Crippen LogP contribution in [-0.4, -0.2) is 38.2 Å². The van der Waals surface area contributed by atoms with Crippen LogP contribution in [0.4, 0.5) is 5.69 Å². The molecule has 0 aliphatic carbocycles. The van der Waals surface area contributed by atoms with Gasteiger partial charge in [-0.15, -0.1) is 0 Å². The van der Waals surface area contributed by atoms with Crippen LogP contribution in [0, 0.1) is 11.1 Å². The van der Waals surface area contributed by atoms with Crippen molar-refractivity contribution < 1.29 is 10.0 Å². The molecular formula is C21H21N4O4-. The molecule has 0 radical (unpaired) electrons. The van der Waals surface area contributed by atoms with E-state index in [2.05, 4.69) is 0 Å². The highest BCUT2D eigenvalue weighted by Crippen LogP contribution is 2.36. The van der Waals surface area contributed by atoms with Gasteiger partial charge in [-0.25, -0.2) is 0 Å². The van der Waals surface area contributed by atoms with Crippen molar-refractivity contribution in [1.82, 2.24) is 14.0 Å². The van der Waals surface area contributed by atoms with Gasteiger partial charge in [0.15, 0.2) is 0 Å². The number of aromatic nitrogens is 2. The Bertz CT molecular complexity index is 1180. The van der Waals surface area contributed by atoms with Gasteiger partial charge in [-0.1, -0.05) is 0 Å². The van der Waals surface area contributed by atoms with Crippen LogP contribution < -0.4 is 10.8 Å². The molecule has 8 nitrogen and oxygen atoms in total. The van der Waals surface area contributed by atoms with Gasteiger partial charge >= 0.3 is 0 Å². The van der Waals surface area contributed by atoms with Crippen LogP contribution >= 0.6 is 0 Å². The topological polar surface area (TPSA) is 93.8 Å². The highest BCUT2D eigenvalue weighted by molar-refractivity contribution is 5.98. The van der Waals surface area contributed by atoms with E-state index in [1.807, 2.05) is 47.0 Å². The molecule has 29 heavy (non-hydrogen) atoms. The summed E-state index contributed by atoms with van der Waals surface area (Å²) in [7, 11) is 1.98. The second-order valence-corrected chi connectivity index (χ2v) is 8.04. The molecule has 3 aromatic rings. The molecule has 2 atom stereocenters. The van der Waals surface area contributed by atoms with Crippen molar-refractivity contribution in [3.8, 4) is 0 Å². The predicted molar refractivity (Wildman–Crippen MR) is 108 cm³/mol. The van der Waals surface area contributed by atoms with Gasteiger partial charge in [0.05, 0.1) is 0 Å². The maximum Gasteiger partial charge on any atom is 0.275 e. The quantitative estimate of drug-likeness (QED) is 0.674. The zero-order chi connectivity index (χ0) is 20.3. The highest BCUT2D eigenvalue weighted by atomic mass is 16.8. The molecule has 0 saturated carbocycles. The maximum absolute atomic E-state index is 13.2. The molecule has 4 heterocycles. The van der Waals surface area contributed by atoms with Crippen molar-refractivity contribution in [2.24, 2.45) is 13.0 Å². The van der Waals surface area contributed by atoms with Gasteiger partial charge in [-0.05, 0) is 48.7 Å². The van der Waals surface area contributed by atoms with Crippen LogP contribution in [-0.2, 0) is 13.6 Å². The minimum atomic E-state index is -0.482. The second-order valence-electron chi connectivity index (χ2n) is 8.04. The fourth-order valence-electron chi connectivity index (χ4n) is 4.84. The Morgan fingerprint density at radius 2 is 2.00 bits per heavy atom. The minimum Gasteiger partial charge on any atom is -0.733 e. The predicted octanol–water partition coefficient (Wildman–Crippen LogP) is 2.29. The van der Waals surface area contributed by atoms with Crippen molar-refractivity contribution in [2.75, 3.05) is 18.3 Å². The number of likely N-dealkylation sites (tertiary alicyclic amines) is 1. The first kappa shape index (κ1) is 18.0. The molecule has 2 aromatic heterocycles. The van der Waals surface area contributed by atoms with Gasteiger partial charge in [0.2, 0.25) is 0 Å². The summed E-state index contributed by atoms with van der Waals surface area (Å²) in [6.07, 6.45) is 2.88. The monoisotopic (exact) mass is 393 g/mol. The Labute approximate surface area is 166 Å². The Morgan fingerprint density at radius 1 is 1.17 bits per heavy atom. The van der Waals surface area contributed by atoms with E-state index < -0.39 is 5.56 Å². The van der Waals surface area contributed by atoms with Gasteiger partial charge in [-0.2, -0.15) is 0 Å². The average molecular weight is 393 g/mol. The van der Waals surface area contributed by atoms with Crippen LogP contribution in [0.2, 0.25) is 0 Å². The SMILES string of the molecule is Cn1ccc2cc(C(=O)N3C[C@@H]4C[C@@H](C3)c3ccc(N([O-])O)c(=O)n3C4)ccc21. The van der Waals surface area contributed by atoms with Gasteiger partial charge < -0.3 is 24.5 Å². The summed E-state index contributed by atoms with van der Waals surface area (Å²) in [5.74, 6) is 0.170. The zero-order valence-corrected chi connectivity index (χ0v) is 16.0. The van der Waals surface area contributed by atoms with Crippen LogP contribution in [0.25, 0.3) is 10.9 Å². The molecule has 0 spiro atoms. The highest BCUT2D eigenvalue weighted by Gasteiger charge is 2.37. The maximum atomic E-state index is 13.2. The van der Waals surface area contributed by atoms with E-state index >= 15 is 0 Å². The molecule has 1 N–H and O–H groups in total. The third-order valence-electron chi connectivity index (χ3n) is 6.21. The van der Waals surface area contributed by atoms with Gasteiger partial charge in [0, 0.05) is 61.0 Å². The van der Waals surface area contributed by atoms with Crippen molar-refractivity contribution >= 4 is 22.5 Å². The number of benzene rings is 1. The minimum absolute atomic E-state index is 0.000961. The van der Waals surface area contributed by atoms with Crippen LogP contribution in [0.3, 0.4) is 0 Å². The number of fused-ring (bicyclic) bond motifs is 5. The number of hydrogen-bond donors (Lipinski definition) is 1. The number of amides is 1. The number of anilines is 1. The first-order valence-electron chi connectivity index (χ1n) is 9.66. The van der Waals surface area contributed by atoms with E-state index in [1.165, 1.54) is 6.07 Å². The summed E-state index contributed by atoms with van der Waals surface area (Å²) in [4.78, 5) is 27.6. The molecule has 2 aliphatic rings. The number of rotatable bonds is 2. The molecule has 8 heteroatoms. The number of pyridine rings is 1. The summed E-state index contributed by atoms with van der Waals surface area (Å²) in [5.41, 5.74) is 1.80. The Hall–Kier alpha value is -3.10. The molecule has 1 fully saturated rings. The number of hydrogen-bond acceptors (Lipinski definition) is 5. The molecule has 2 aliphatic heterocycles. The Balaban J connectivity index is 1.44. The smallest absolute Gasteiger partial charge is 0.275 e. The Kier molecular flexibility index (Phi) is 4.01. The molecule has 2 bridgehead atoms. The summed E-state index contributed by atoms with van der Waals surface area (Å²) in [6, 6.07) is 10.8. The lowest BCUT2D eigenvalue weighted by Crippen LogP contribution is -2.49.